The molecule has 21 heavy (non-hydrogen) atoms. The normalized spacial score (nSPS) is 10.4. The molecule has 5 nitrogen and oxygen atoms in total. The van der Waals surface area contributed by atoms with Crippen LogP contribution >= 0.6 is 0 Å². The Kier molecular flexibility index (Phi) is 5.45. The number of nitrogens with one attached hydrogen (secondary N) is 2. The second kappa shape index (κ2) is 7.54. The van der Waals surface area contributed by atoms with E-state index in [0.29, 0.717) is 19.1 Å². The molecule has 2 aromatic rings. The van der Waals surface area contributed by atoms with E-state index in [2.05, 4.69) is 20.6 Å². The molecule has 0 aliphatic heterocycles. The maximum absolute atomic E-state index is 13.8. The van der Waals surface area contributed by atoms with Gasteiger partial charge in [-0.3, -0.25) is 0 Å². The molecule has 0 saturated heterocycles. The van der Waals surface area contributed by atoms with Crippen LogP contribution in [-0.2, 0) is 11.2 Å². The van der Waals surface area contributed by atoms with Crippen LogP contribution in [0.4, 0.5) is 21.8 Å². The highest BCUT2D eigenvalue weighted by Gasteiger charge is 2.09. The van der Waals surface area contributed by atoms with Crippen LogP contribution in [-0.4, -0.2) is 30.2 Å². The van der Waals surface area contributed by atoms with E-state index in [4.69, 9.17) is 4.74 Å². The monoisotopic (exact) mass is 290 g/mol. The van der Waals surface area contributed by atoms with E-state index in [0.717, 1.165) is 23.9 Å². The molecule has 112 valence electrons. The van der Waals surface area contributed by atoms with E-state index in [1.165, 1.54) is 0 Å². The maximum atomic E-state index is 13.8. The fourth-order valence-corrected chi connectivity index (χ4v) is 1.90. The van der Waals surface area contributed by atoms with Gasteiger partial charge < -0.3 is 15.4 Å². The van der Waals surface area contributed by atoms with Gasteiger partial charge in [0.2, 0.25) is 5.95 Å². The number of para-hydroxylation sites is 1. The van der Waals surface area contributed by atoms with Crippen molar-refractivity contribution >= 4 is 17.5 Å². The van der Waals surface area contributed by atoms with Gasteiger partial charge in [0, 0.05) is 19.3 Å². The van der Waals surface area contributed by atoms with Crippen LogP contribution in [0, 0.1) is 5.82 Å². The standard InChI is InChI=1S/C15H19FN4O/c1-3-17-15-18-10-12(16)14(20-15)19-13-7-5-4-6-11(13)8-9-21-2/h4-7,10H,3,8-9H2,1-2H3,(H2,17,18,19,20). The van der Waals surface area contributed by atoms with Crippen molar-refractivity contribution in [1.29, 1.82) is 0 Å². The summed E-state index contributed by atoms with van der Waals surface area (Å²) in [7, 11) is 1.66. The lowest BCUT2D eigenvalue weighted by molar-refractivity contribution is 0.202. The van der Waals surface area contributed by atoms with Gasteiger partial charge in [0.15, 0.2) is 11.6 Å². The average molecular weight is 290 g/mol. The van der Waals surface area contributed by atoms with Crippen molar-refractivity contribution in [3.63, 3.8) is 0 Å². The van der Waals surface area contributed by atoms with E-state index >= 15 is 0 Å². The third-order valence-electron chi connectivity index (χ3n) is 2.92. The summed E-state index contributed by atoms with van der Waals surface area (Å²) in [5.41, 5.74) is 1.86. The smallest absolute Gasteiger partial charge is 0.224 e. The molecule has 0 bridgehead atoms. The van der Waals surface area contributed by atoms with Crippen molar-refractivity contribution in [3.05, 3.63) is 41.8 Å². The Morgan fingerprint density at radius 1 is 1.29 bits per heavy atom. The molecule has 0 fully saturated rings. The Balaban J connectivity index is 2.23. The molecule has 0 atom stereocenters. The molecule has 1 aromatic carbocycles. The summed E-state index contributed by atoms with van der Waals surface area (Å²) < 4.78 is 18.9. The minimum absolute atomic E-state index is 0.158. The number of anilines is 3. The third-order valence-corrected chi connectivity index (χ3v) is 2.92. The molecule has 0 aliphatic rings. The van der Waals surface area contributed by atoms with Crippen molar-refractivity contribution in [2.24, 2.45) is 0 Å². The predicted octanol–water partition coefficient (Wildman–Crippen LogP) is 2.98. The zero-order chi connectivity index (χ0) is 15.1. The number of nitrogens with zero attached hydrogens (tertiary/aromatic N) is 2. The number of hydrogen-bond donors (Lipinski definition) is 2. The highest BCUT2D eigenvalue weighted by Crippen LogP contribution is 2.22. The number of benzene rings is 1. The van der Waals surface area contributed by atoms with Crippen molar-refractivity contribution in [2.75, 3.05) is 30.9 Å². The van der Waals surface area contributed by atoms with Crippen LogP contribution in [0.25, 0.3) is 0 Å². The average Bonchev–Trinajstić information content (AvgIpc) is 2.50. The topological polar surface area (TPSA) is 59.1 Å². The molecule has 0 spiro atoms. The van der Waals surface area contributed by atoms with Gasteiger partial charge in [-0.25, -0.2) is 9.37 Å². The van der Waals surface area contributed by atoms with E-state index in [1.807, 2.05) is 31.2 Å². The van der Waals surface area contributed by atoms with Crippen molar-refractivity contribution in [3.8, 4) is 0 Å². The van der Waals surface area contributed by atoms with Crippen LogP contribution in [0.5, 0.6) is 0 Å². The van der Waals surface area contributed by atoms with E-state index in [9.17, 15) is 4.39 Å². The van der Waals surface area contributed by atoms with Gasteiger partial charge in [-0.2, -0.15) is 4.98 Å². The highest BCUT2D eigenvalue weighted by atomic mass is 19.1. The number of hydrogen-bond acceptors (Lipinski definition) is 5. The summed E-state index contributed by atoms with van der Waals surface area (Å²) in [5, 5.41) is 5.99. The lowest BCUT2D eigenvalue weighted by Gasteiger charge is -2.12. The number of methoxy groups -OCH3 is 1. The first-order chi connectivity index (χ1) is 10.2. The van der Waals surface area contributed by atoms with Gasteiger partial charge in [-0.15, -0.1) is 0 Å². The molecular weight excluding hydrogens is 271 g/mol. The molecule has 0 amide bonds. The maximum Gasteiger partial charge on any atom is 0.224 e. The van der Waals surface area contributed by atoms with Crippen molar-refractivity contribution in [1.82, 2.24) is 9.97 Å². The largest absolute Gasteiger partial charge is 0.384 e. The lowest BCUT2D eigenvalue weighted by Crippen LogP contribution is -2.07. The number of rotatable bonds is 7. The minimum Gasteiger partial charge on any atom is -0.384 e. The molecule has 6 heteroatoms. The van der Waals surface area contributed by atoms with Gasteiger partial charge in [0.05, 0.1) is 12.8 Å². The number of ether oxygens (including phenoxy) is 1. The van der Waals surface area contributed by atoms with E-state index in [-0.39, 0.29) is 5.82 Å². The third kappa shape index (κ3) is 4.13. The molecule has 1 heterocycles. The Morgan fingerprint density at radius 2 is 2.10 bits per heavy atom. The van der Waals surface area contributed by atoms with Gasteiger partial charge in [-0.05, 0) is 25.0 Å². The zero-order valence-corrected chi connectivity index (χ0v) is 12.2. The van der Waals surface area contributed by atoms with E-state index < -0.39 is 5.82 Å². The number of aromatic nitrogens is 2. The summed E-state index contributed by atoms with van der Waals surface area (Å²) >= 11 is 0. The Bertz CT molecular complexity index is 592. The summed E-state index contributed by atoms with van der Waals surface area (Å²) in [4.78, 5) is 8.02. The first kappa shape index (κ1) is 15.2. The Labute approximate surface area is 123 Å². The van der Waals surface area contributed by atoms with Gasteiger partial charge in [-0.1, -0.05) is 18.2 Å². The van der Waals surface area contributed by atoms with Gasteiger partial charge in [0.1, 0.15) is 0 Å². The summed E-state index contributed by atoms with van der Waals surface area (Å²) in [6, 6.07) is 7.70. The van der Waals surface area contributed by atoms with Crippen LogP contribution < -0.4 is 10.6 Å². The van der Waals surface area contributed by atoms with Crippen LogP contribution in [0.3, 0.4) is 0 Å². The molecule has 0 aliphatic carbocycles. The molecular formula is C15H19FN4O. The van der Waals surface area contributed by atoms with Gasteiger partial charge in [0.25, 0.3) is 0 Å². The second-order valence-electron chi connectivity index (χ2n) is 4.45. The molecule has 2 rings (SSSR count). The summed E-state index contributed by atoms with van der Waals surface area (Å²) in [6.07, 6.45) is 1.90. The molecule has 0 unspecified atom stereocenters. The first-order valence-corrected chi connectivity index (χ1v) is 6.85. The Hall–Kier alpha value is -2.21. The lowest BCUT2D eigenvalue weighted by atomic mass is 10.1. The second-order valence-corrected chi connectivity index (χ2v) is 4.45. The summed E-state index contributed by atoms with van der Waals surface area (Å²) in [6.45, 7) is 3.21. The summed E-state index contributed by atoms with van der Waals surface area (Å²) in [5.74, 6) is 0.0692. The quantitative estimate of drug-likeness (QED) is 0.821. The molecule has 0 radical (unpaired) electrons. The van der Waals surface area contributed by atoms with Crippen LogP contribution in [0.1, 0.15) is 12.5 Å². The van der Waals surface area contributed by atoms with Gasteiger partial charge >= 0.3 is 0 Å². The fraction of sp³-hybridized carbons (Fsp3) is 0.333. The minimum atomic E-state index is -0.488. The predicted molar refractivity (Wildman–Crippen MR) is 81.5 cm³/mol. The van der Waals surface area contributed by atoms with E-state index in [1.54, 1.807) is 7.11 Å². The van der Waals surface area contributed by atoms with Crippen molar-refractivity contribution in [2.45, 2.75) is 13.3 Å². The Morgan fingerprint density at radius 3 is 2.86 bits per heavy atom. The molecule has 1 aromatic heterocycles. The number of halogens is 1. The van der Waals surface area contributed by atoms with Crippen molar-refractivity contribution < 1.29 is 9.13 Å². The zero-order valence-electron chi connectivity index (χ0n) is 12.2. The van der Waals surface area contributed by atoms with Crippen LogP contribution in [0.2, 0.25) is 0 Å². The first-order valence-electron chi connectivity index (χ1n) is 6.85. The molecule has 0 saturated carbocycles. The van der Waals surface area contributed by atoms with Crippen LogP contribution in [0.15, 0.2) is 30.5 Å². The highest BCUT2D eigenvalue weighted by molar-refractivity contribution is 5.61. The SMILES string of the molecule is CCNc1ncc(F)c(Nc2ccccc2CCOC)n1. The fourth-order valence-electron chi connectivity index (χ4n) is 1.90. The molecule has 2 N–H and O–H groups in total.